The van der Waals surface area contributed by atoms with Crippen molar-refractivity contribution in [2.45, 2.75) is 13.5 Å². The van der Waals surface area contributed by atoms with Crippen LogP contribution in [-0.2, 0) is 6.54 Å². The van der Waals surface area contributed by atoms with E-state index < -0.39 is 11.8 Å². The van der Waals surface area contributed by atoms with Gasteiger partial charge < -0.3 is 9.67 Å². The van der Waals surface area contributed by atoms with Crippen molar-refractivity contribution in [3.63, 3.8) is 0 Å². The largest absolute Gasteiger partial charge is 0.477 e. The number of fused-ring (bicyclic) bond motifs is 1. The number of carbonyl (C=O) groups is 1. The van der Waals surface area contributed by atoms with Gasteiger partial charge in [0, 0.05) is 17.0 Å². The molecule has 0 atom stereocenters. The van der Waals surface area contributed by atoms with E-state index >= 15 is 0 Å². The molecule has 1 heterocycles. The monoisotopic (exact) mass is 241 g/mol. The fraction of sp³-hybridized carbons (Fsp3) is 0.182. The van der Waals surface area contributed by atoms with Gasteiger partial charge in [-0.3, -0.25) is 0 Å². The number of aryl methyl sites for hydroxylation is 1. The smallest absolute Gasteiger partial charge is 0.352 e. The second-order valence-electron chi connectivity index (χ2n) is 3.40. The van der Waals surface area contributed by atoms with E-state index in [1.165, 1.54) is 16.7 Å². The molecule has 84 valence electrons. The molecule has 16 heavy (non-hydrogen) atoms. The zero-order valence-corrected chi connectivity index (χ0v) is 9.25. The molecule has 0 aliphatic rings. The van der Waals surface area contributed by atoms with Crippen molar-refractivity contribution in [1.82, 2.24) is 4.57 Å². The van der Waals surface area contributed by atoms with E-state index in [0.717, 1.165) is 0 Å². The molecule has 1 aromatic heterocycles. The van der Waals surface area contributed by atoms with Crippen LogP contribution in [0.5, 0.6) is 0 Å². The Morgan fingerprint density at radius 3 is 2.75 bits per heavy atom. The molecule has 0 spiro atoms. The Hall–Kier alpha value is -1.55. The second-order valence-corrected chi connectivity index (χ2v) is 3.84. The van der Waals surface area contributed by atoms with Crippen molar-refractivity contribution in [3.05, 3.63) is 34.7 Å². The SMILES string of the molecule is CCn1c(C(=O)O)cc2cc(Cl)cc(F)c21. The van der Waals surface area contributed by atoms with Gasteiger partial charge in [0.25, 0.3) is 0 Å². The van der Waals surface area contributed by atoms with Crippen LogP contribution in [0.3, 0.4) is 0 Å². The van der Waals surface area contributed by atoms with Crippen LogP contribution in [-0.4, -0.2) is 15.6 Å². The summed E-state index contributed by atoms with van der Waals surface area (Å²) in [4.78, 5) is 11.0. The van der Waals surface area contributed by atoms with E-state index in [0.29, 0.717) is 11.9 Å². The highest BCUT2D eigenvalue weighted by molar-refractivity contribution is 6.31. The Kier molecular flexibility index (Phi) is 2.59. The van der Waals surface area contributed by atoms with Gasteiger partial charge in [0.1, 0.15) is 11.5 Å². The Morgan fingerprint density at radius 1 is 1.50 bits per heavy atom. The Balaban J connectivity index is 2.87. The first kappa shape index (κ1) is 11.0. The van der Waals surface area contributed by atoms with Crippen molar-refractivity contribution < 1.29 is 14.3 Å². The molecule has 0 amide bonds. The number of aromatic nitrogens is 1. The summed E-state index contributed by atoms with van der Waals surface area (Å²) in [5.74, 6) is -1.58. The highest BCUT2D eigenvalue weighted by Crippen LogP contribution is 2.26. The summed E-state index contributed by atoms with van der Waals surface area (Å²) in [7, 11) is 0. The van der Waals surface area contributed by atoms with E-state index in [9.17, 15) is 9.18 Å². The van der Waals surface area contributed by atoms with Crippen LogP contribution in [0.25, 0.3) is 10.9 Å². The van der Waals surface area contributed by atoms with Gasteiger partial charge in [-0.2, -0.15) is 0 Å². The maximum atomic E-state index is 13.7. The van der Waals surface area contributed by atoms with Crippen LogP contribution in [0.4, 0.5) is 4.39 Å². The van der Waals surface area contributed by atoms with Crippen molar-refractivity contribution in [2.24, 2.45) is 0 Å². The topological polar surface area (TPSA) is 42.2 Å². The first-order valence-corrected chi connectivity index (χ1v) is 5.14. The Labute approximate surface area is 96.1 Å². The number of aromatic carboxylic acids is 1. The molecule has 1 N–H and O–H groups in total. The molecule has 3 nitrogen and oxygen atoms in total. The van der Waals surface area contributed by atoms with Crippen molar-refractivity contribution >= 4 is 28.5 Å². The molecular formula is C11H9ClFNO2. The minimum atomic E-state index is -1.08. The number of rotatable bonds is 2. The predicted octanol–water partition coefficient (Wildman–Crippen LogP) is 3.15. The van der Waals surface area contributed by atoms with Gasteiger partial charge in [-0.15, -0.1) is 0 Å². The summed E-state index contributed by atoms with van der Waals surface area (Å²) in [6.07, 6.45) is 0. The van der Waals surface area contributed by atoms with Gasteiger partial charge >= 0.3 is 5.97 Å². The fourth-order valence-electron chi connectivity index (χ4n) is 1.83. The molecular weight excluding hydrogens is 233 g/mol. The van der Waals surface area contributed by atoms with Crippen molar-refractivity contribution in [1.29, 1.82) is 0 Å². The molecule has 0 saturated heterocycles. The van der Waals surface area contributed by atoms with E-state index in [2.05, 4.69) is 0 Å². The minimum absolute atomic E-state index is 0.0682. The van der Waals surface area contributed by atoms with Crippen LogP contribution >= 0.6 is 11.6 Å². The molecule has 0 fully saturated rings. The number of hydrogen-bond donors (Lipinski definition) is 1. The lowest BCUT2D eigenvalue weighted by atomic mass is 10.2. The Morgan fingerprint density at radius 2 is 2.19 bits per heavy atom. The highest BCUT2D eigenvalue weighted by Gasteiger charge is 2.16. The van der Waals surface area contributed by atoms with Gasteiger partial charge in [0.15, 0.2) is 0 Å². The first-order chi connectivity index (χ1) is 7.54. The number of benzene rings is 1. The molecule has 5 heteroatoms. The number of hydrogen-bond acceptors (Lipinski definition) is 1. The summed E-state index contributed by atoms with van der Waals surface area (Å²) in [5.41, 5.74) is 0.350. The van der Waals surface area contributed by atoms with Crippen LogP contribution in [0, 0.1) is 5.82 Å². The Bertz CT molecular complexity index is 577. The summed E-state index contributed by atoms with van der Waals surface area (Å²) >= 11 is 5.71. The predicted molar refractivity (Wildman–Crippen MR) is 59.5 cm³/mol. The zero-order chi connectivity index (χ0) is 11.9. The van der Waals surface area contributed by atoms with Gasteiger partial charge in [-0.1, -0.05) is 11.6 Å². The van der Waals surface area contributed by atoms with Crippen molar-refractivity contribution in [3.8, 4) is 0 Å². The molecule has 0 aliphatic carbocycles. The molecule has 2 rings (SSSR count). The maximum Gasteiger partial charge on any atom is 0.352 e. The van der Waals surface area contributed by atoms with E-state index in [1.807, 2.05) is 0 Å². The third-order valence-corrected chi connectivity index (χ3v) is 2.66. The lowest BCUT2D eigenvalue weighted by Gasteiger charge is -2.04. The summed E-state index contributed by atoms with van der Waals surface area (Å²) in [6.45, 7) is 2.16. The molecule has 0 radical (unpaired) electrons. The van der Waals surface area contributed by atoms with E-state index in [-0.39, 0.29) is 16.2 Å². The van der Waals surface area contributed by atoms with Crippen LogP contribution in [0.15, 0.2) is 18.2 Å². The molecule has 0 unspecified atom stereocenters. The number of carboxylic acids is 1. The molecule has 2 aromatic rings. The lowest BCUT2D eigenvalue weighted by Crippen LogP contribution is -2.07. The van der Waals surface area contributed by atoms with E-state index in [1.54, 1.807) is 13.0 Å². The first-order valence-electron chi connectivity index (χ1n) is 4.76. The van der Waals surface area contributed by atoms with Crippen LogP contribution < -0.4 is 0 Å². The van der Waals surface area contributed by atoms with E-state index in [4.69, 9.17) is 16.7 Å². The lowest BCUT2D eigenvalue weighted by molar-refractivity contribution is 0.0686. The average Bonchev–Trinajstić information content (AvgIpc) is 2.56. The van der Waals surface area contributed by atoms with Gasteiger partial charge in [0.2, 0.25) is 0 Å². The number of nitrogens with zero attached hydrogens (tertiary/aromatic N) is 1. The van der Waals surface area contributed by atoms with Crippen molar-refractivity contribution in [2.75, 3.05) is 0 Å². The third-order valence-electron chi connectivity index (χ3n) is 2.45. The number of carboxylic acid groups (broad SMARTS) is 1. The molecule has 1 aromatic carbocycles. The van der Waals surface area contributed by atoms with Gasteiger partial charge in [-0.05, 0) is 25.1 Å². The number of halogens is 2. The maximum absolute atomic E-state index is 13.7. The van der Waals surface area contributed by atoms with Gasteiger partial charge in [-0.25, -0.2) is 9.18 Å². The van der Waals surface area contributed by atoms with Gasteiger partial charge in [0.05, 0.1) is 5.52 Å². The quantitative estimate of drug-likeness (QED) is 0.878. The second kappa shape index (κ2) is 3.79. The highest BCUT2D eigenvalue weighted by atomic mass is 35.5. The summed E-state index contributed by atoms with van der Waals surface area (Å²) in [6, 6.07) is 4.16. The third kappa shape index (κ3) is 1.55. The fourth-order valence-corrected chi connectivity index (χ4v) is 2.05. The van der Waals surface area contributed by atoms with Crippen LogP contribution in [0.2, 0.25) is 5.02 Å². The average molecular weight is 242 g/mol. The summed E-state index contributed by atoms with van der Waals surface area (Å²) < 4.78 is 15.1. The summed E-state index contributed by atoms with van der Waals surface area (Å²) in [5, 5.41) is 9.75. The molecule has 0 bridgehead atoms. The molecule has 0 saturated carbocycles. The molecule has 0 aliphatic heterocycles. The minimum Gasteiger partial charge on any atom is -0.477 e. The zero-order valence-electron chi connectivity index (χ0n) is 8.50. The van der Waals surface area contributed by atoms with Crippen LogP contribution in [0.1, 0.15) is 17.4 Å². The standard InChI is InChI=1S/C11H9ClFNO2/c1-2-14-9(11(15)16)4-6-3-7(12)5-8(13)10(6)14/h3-5H,2H2,1H3,(H,15,16). The normalized spacial score (nSPS) is 10.9.